The summed E-state index contributed by atoms with van der Waals surface area (Å²) in [5.74, 6) is 0. The Morgan fingerprint density at radius 2 is 0.609 bits per heavy atom. The minimum absolute atomic E-state index is 0.265. The van der Waals surface area contributed by atoms with E-state index >= 15 is 19.2 Å². The third kappa shape index (κ3) is 6.45. The molecule has 6 aromatic carbocycles. The van der Waals surface area contributed by atoms with Gasteiger partial charge in [0.05, 0.1) is 10.8 Å². The number of aromatic nitrogens is 3. The minimum atomic E-state index is -0.378. The summed E-state index contributed by atoms with van der Waals surface area (Å²) in [7, 11) is 0. The van der Waals surface area contributed by atoms with Gasteiger partial charge in [0.2, 0.25) is 0 Å². The highest BCUT2D eigenvalue weighted by molar-refractivity contribution is 6.48. The normalized spacial score (nSPS) is 12.9. The standard InChI is InChI=1S/C55H63N3O6/c1-7-13-15-17-23-33(24-18-16-14-8-2)58-54(63)48-38-29-40-42-36(50(59)56(52(40)61)31(19-9-3)20-10-4)27-25-34-35-26-28-37-43-41(53(62)57(51(37)60)32(21-11-5)22-12-6)30-39(49(48)55(58)64)47(45(35)43)46(38)44(34)42/h25-33H,7-24H2,1-6H3. The summed E-state index contributed by atoms with van der Waals surface area (Å²) < 4.78 is 4.43. The lowest BCUT2D eigenvalue weighted by Crippen LogP contribution is -2.37. The first-order chi connectivity index (χ1) is 31.1. The van der Waals surface area contributed by atoms with Crippen molar-refractivity contribution in [2.45, 2.75) is 175 Å². The molecule has 0 aliphatic rings. The van der Waals surface area contributed by atoms with Crippen LogP contribution in [0.3, 0.4) is 0 Å². The first kappa shape index (κ1) is 43.8. The molecular weight excluding hydrogens is 799 g/mol. The molecule has 0 aliphatic heterocycles. The van der Waals surface area contributed by atoms with Crippen LogP contribution in [0.4, 0.5) is 0 Å². The summed E-state index contributed by atoms with van der Waals surface area (Å²) >= 11 is 0. The Hall–Kier alpha value is -5.44. The third-order valence-corrected chi connectivity index (χ3v) is 14.9. The van der Waals surface area contributed by atoms with Crippen molar-refractivity contribution < 1.29 is 0 Å². The van der Waals surface area contributed by atoms with Crippen molar-refractivity contribution in [1.82, 2.24) is 13.7 Å². The van der Waals surface area contributed by atoms with E-state index in [0.717, 1.165) is 87.8 Å². The van der Waals surface area contributed by atoms with Gasteiger partial charge in [-0.25, -0.2) is 0 Å². The van der Waals surface area contributed by atoms with Crippen molar-refractivity contribution in [3.8, 4) is 0 Å². The van der Waals surface area contributed by atoms with E-state index in [-0.39, 0.29) is 62.3 Å². The van der Waals surface area contributed by atoms with Crippen LogP contribution in [0.25, 0.3) is 86.2 Å². The second-order valence-corrected chi connectivity index (χ2v) is 19.0. The molecule has 3 aromatic heterocycles. The van der Waals surface area contributed by atoms with E-state index in [1.54, 1.807) is 12.1 Å². The summed E-state index contributed by atoms with van der Waals surface area (Å²) in [6.07, 6.45) is 15.5. The summed E-state index contributed by atoms with van der Waals surface area (Å²) in [5.41, 5.74) is -2.13. The number of hydrogen-bond acceptors (Lipinski definition) is 6. The van der Waals surface area contributed by atoms with Gasteiger partial charge in [-0.3, -0.25) is 42.5 Å². The first-order valence-corrected chi connectivity index (χ1v) is 24.8. The number of fused-ring (bicyclic) bond motifs is 4. The van der Waals surface area contributed by atoms with Crippen molar-refractivity contribution in [2.75, 3.05) is 0 Å². The average molecular weight is 862 g/mol. The number of pyridine rings is 2. The SMILES string of the molecule is CCCCCCC(CCCCCC)n1c(=O)c2c3cc4c(=O)n(C(CCC)CCC)c(=O)c5ccc6c7ccc8c(=O)n(C(CCC)CCC)c(=O)c9cc(c2c1=O)c(c7c89)c3c6c54. The quantitative estimate of drug-likeness (QED) is 0.0403. The van der Waals surface area contributed by atoms with Crippen LogP contribution >= 0.6 is 0 Å². The Morgan fingerprint density at radius 1 is 0.297 bits per heavy atom. The Kier molecular flexibility index (Phi) is 12.0. The van der Waals surface area contributed by atoms with Crippen molar-refractivity contribution in [1.29, 1.82) is 0 Å². The zero-order valence-electron chi connectivity index (χ0n) is 38.7. The van der Waals surface area contributed by atoms with Gasteiger partial charge in [0.1, 0.15) is 0 Å². The molecule has 0 radical (unpaired) electrons. The predicted octanol–water partition coefficient (Wildman–Crippen LogP) is 12.4. The van der Waals surface area contributed by atoms with Gasteiger partial charge in [-0.05, 0) is 106 Å². The molecule has 0 saturated heterocycles. The molecule has 0 amide bonds. The van der Waals surface area contributed by atoms with Crippen LogP contribution in [-0.2, 0) is 0 Å². The molecule has 3 heterocycles. The molecular formula is C55H63N3O6. The minimum Gasteiger partial charge on any atom is -0.271 e. The van der Waals surface area contributed by atoms with Crippen LogP contribution in [-0.4, -0.2) is 13.7 Å². The molecule has 64 heavy (non-hydrogen) atoms. The fourth-order valence-corrected chi connectivity index (χ4v) is 12.1. The van der Waals surface area contributed by atoms with Crippen LogP contribution in [0.5, 0.6) is 0 Å². The van der Waals surface area contributed by atoms with Gasteiger partial charge in [-0.15, -0.1) is 0 Å². The Labute approximate surface area is 372 Å². The molecule has 0 saturated carbocycles. The summed E-state index contributed by atoms with van der Waals surface area (Å²) in [6, 6.07) is 10.2. The third-order valence-electron chi connectivity index (χ3n) is 14.9. The molecule has 0 atom stereocenters. The summed E-state index contributed by atoms with van der Waals surface area (Å²) in [6.45, 7) is 12.6. The van der Waals surface area contributed by atoms with E-state index < -0.39 is 0 Å². The zero-order valence-corrected chi connectivity index (χ0v) is 38.7. The summed E-state index contributed by atoms with van der Waals surface area (Å²) in [5, 5.41) is 8.60. The van der Waals surface area contributed by atoms with Gasteiger partial charge < -0.3 is 0 Å². The Morgan fingerprint density at radius 3 is 0.969 bits per heavy atom. The fourth-order valence-electron chi connectivity index (χ4n) is 12.1. The topological polar surface area (TPSA) is 117 Å². The van der Waals surface area contributed by atoms with Gasteiger partial charge in [0, 0.05) is 50.4 Å². The molecule has 9 aromatic rings. The lowest BCUT2D eigenvalue weighted by atomic mass is 9.81. The number of hydrogen-bond donors (Lipinski definition) is 0. The largest absolute Gasteiger partial charge is 0.271 e. The van der Waals surface area contributed by atoms with Crippen molar-refractivity contribution in [3.05, 3.63) is 98.5 Å². The summed E-state index contributed by atoms with van der Waals surface area (Å²) in [4.78, 5) is 90.4. The fraction of sp³-hybridized carbons (Fsp3) is 0.491. The van der Waals surface area contributed by atoms with E-state index in [1.807, 2.05) is 24.3 Å². The number of nitrogens with zero attached hydrogens (tertiary/aromatic N) is 3. The second kappa shape index (κ2) is 17.5. The van der Waals surface area contributed by atoms with Crippen LogP contribution < -0.4 is 33.4 Å². The van der Waals surface area contributed by atoms with Gasteiger partial charge in [-0.1, -0.05) is 131 Å². The highest BCUT2D eigenvalue weighted by Crippen LogP contribution is 2.50. The maximum absolute atomic E-state index is 15.5. The van der Waals surface area contributed by atoms with Crippen LogP contribution in [0, 0.1) is 0 Å². The molecule has 0 N–H and O–H groups in total. The van der Waals surface area contributed by atoms with Gasteiger partial charge >= 0.3 is 0 Å². The zero-order chi connectivity index (χ0) is 45.1. The van der Waals surface area contributed by atoms with Crippen LogP contribution in [0.2, 0.25) is 0 Å². The number of unbranched alkanes of at least 4 members (excludes halogenated alkanes) is 6. The van der Waals surface area contributed by atoms with Crippen LogP contribution in [0.1, 0.15) is 175 Å². The molecule has 0 aliphatic carbocycles. The molecule has 0 fully saturated rings. The molecule has 9 rings (SSSR count). The van der Waals surface area contributed by atoms with Crippen molar-refractivity contribution in [3.63, 3.8) is 0 Å². The highest BCUT2D eigenvalue weighted by atomic mass is 16.2. The maximum atomic E-state index is 15.5. The van der Waals surface area contributed by atoms with E-state index in [4.69, 9.17) is 0 Å². The van der Waals surface area contributed by atoms with Gasteiger partial charge in [-0.2, -0.15) is 0 Å². The van der Waals surface area contributed by atoms with Crippen molar-refractivity contribution in [2.24, 2.45) is 0 Å². The number of rotatable bonds is 21. The molecule has 334 valence electrons. The lowest BCUT2D eigenvalue weighted by molar-refractivity contribution is 0.386. The molecule has 9 heteroatoms. The second-order valence-electron chi connectivity index (χ2n) is 19.0. The maximum Gasteiger partial charge on any atom is 0.262 e. The van der Waals surface area contributed by atoms with Gasteiger partial charge in [0.15, 0.2) is 0 Å². The molecule has 0 bridgehead atoms. The lowest BCUT2D eigenvalue weighted by Gasteiger charge is -2.24. The first-order valence-electron chi connectivity index (χ1n) is 24.8. The predicted molar refractivity (Wildman–Crippen MR) is 268 cm³/mol. The van der Waals surface area contributed by atoms with E-state index in [0.29, 0.717) is 103 Å². The Balaban J connectivity index is 1.51. The molecule has 9 nitrogen and oxygen atoms in total. The van der Waals surface area contributed by atoms with Crippen LogP contribution in [0.15, 0.2) is 65.2 Å². The average Bonchev–Trinajstić information content (AvgIpc) is 3.55. The Bertz CT molecular complexity index is 3290. The smallest absolute Gasteiger partial charge is 0.262 e. The molecule has 0 unspecified atom stereocenters. The van der Waals surface area contributed by atoms with Crippen molar-refractivity contribution >= 4 is 86.2 Å². The van der Waals surface area contributed by atoms with E-state index in [9.17, 15) is 9.59 Å². The number of benzene rings is 6. The monoisotopic (exact) mass is 861 g/mol. The van der Waals surface area contributed by atoms with Gasteiger partial charge in [0.25, 0.3) is 33.4 Å². The van der Waals surface area contributed by atoms with E-state index in [2.05, 4.69) is 41.5 Å². The molecule has 0 spiro atoms. The van der Waals surface area contributed by atoms with E-state index in [1.165, 1.54) is 13.7 Å². The highest BCUT2D eigenvalue weighted by Gasteiger charge is 2.32.